The van der Waals surface area contributed by atoms with Gasteiger partial charge in [-0.3, -0.25) is 0 Å². The van der Waals surface area contributed by atoms with Crippen LogP contribution in [0.2, 0.25) is 5.02 Å². The molecule has 0 bridgehead atoms. The molecule has 0 aliphatic heterocycles. The smallest absolute Gasteiger partial charge is 0.231 e. The molecule has 0 amide bonds. The molecule has 3 rings (SSSR count). The Morgan fingerprint density at radius 3 is 2.33 bits per heavy atom. The van der Waals surface area contributed by atoms with Gasteiger partial charge in [0.05, 0.1) is 17.1 Å². The predicted octanol–water partition coefficient (Wildman–Crippen LogP) is 4.88. The second-order valence-electron chi connectivity index (χ2n) is 5.90. The van der Waals surface area contributed by atoms with Gasteiger partial charge in [0.25, 0.3) is 0 Å². The molecule has 0 saturated carbocycles. The van der Waals surface area contributed by atoms with Crippen LogP contribution in [0.25, 0.3) is 16.9 Å². The number of alkyl halides is 2. The van der Waals surface area contributed by atoms with Gasteiger partial charge in [0.15, 0.2) is 4.33 Å². The number of nitrogens with two attached hydrogens (primary N) is 1. The molecule has 0 aliphatic carbocycles. The first-order chi connectivity index (χ1) is 12.6. The summed E-state index contributed by atoms with van der Waals surface area (Å²) in [6.07, 6.45) is 0.421. The highest BCUT2D eigenvalue weighted by molar-refractivity contribution is 7.89. The third-order valence-electron chi connectivity index (χ3n) is 4.07. The number of aromatic nitrogens is 2. The third-order valence-corrected chi connectivity index (χ3v) is 6.20. The summed E-state index contributed by atoms with van der Waals surface area (Å²) in [6.45, 7) is 1.83. The molecule has 0 aliphatic rings. The van der Waals surface area contributed by atoms with E-state index < -0.39 is 14.4 Å². The molecule has 0 radical (unpaired) electrons. The Morgan fingerprint density at radius 2 is 1.74 bits per heavy atom. The first kappa shape index (κ1) is 20.2. The Kier molecular flexibility index (Phi) is 5.57. The van der Waals surface area contributed by atoms with E-state index in [1.165, 1.54) is 10.7 Å². The largest absolute Gasteiger partial charge is 0.240 e. The SMILES string of the molecule is CCC(Cl)(Cl)c1cc(-c2ccc(Cl)cc2)n(-c2ccccc2S(N)(=O)=O)n1. The van der Waals surface area contributed by atoms with Crippen LogP contribution in [0.1, 0.15) is 19.0 Å². The summed E-state index contributed by atoms with van der Waals surface area (Å²) < 4.78 is 24.4. The van der Waals surface area contributed by atoms with Crippen LogP contribution in [-0.4, -0.2) is 18.2 Å². The fourth-order valence-electron chi connectivity index (χ4n) is 2.62. The van der Waals surface area contributed by atoms with Gasteiger partial charge in [-0.1, -0.05) is 66.0 Å². The molecule has 2 N–H and O–H groups in total. The van der Waals surface area contributed by atoms with Crippen LogP contribution in [0.3, 0.4) is 0 Å². The summed E-state index contributed by atoms with van der Waals surface area (Å²) in [5.74, 6) is 0. The summed E-state index contributed by atoms with van der Waals surface area (Å²) in [6, 6.07) is 15.1. The molecule has 0 unspecified atom stereocenters. The third kappa shape index (κ3) is 4.15. The van der Waals surface area contributed by atoms with Crippen molar-refractivity contribution >= 4 is 44.8 Å². The standard InChI is InChI=1S/C18H16Cl3N3O2S/c1-2-18(20,21)17-11-15(12-7-9-13(19)10-8-12)24(23-17)14-5-3-4-6-16(14)27(22,25)26/h3-11H,2H2,1H3,(H2,22,25,26). The van der Waals surface area contributed by atoms with Crippen LogP contribution in [0.5, 0.6) is 0 Å². The molecule has 1 aromatic heterocycles. The van der Waals surface area contributed by atoms with E-state index in [0.29, 0.717) is 28.5 Å². The molecule has 2 aromatic carbocycles. The predicted molar refractivity (Wildman–Crippen MR) is 109 cm³/mol. The van der Waals surface area contributed by atoms with Crippen molar-refractivity contribution in [3.8, 4) is 16.9 Å². The summed E-state index contributed by atoms with van der Waals surface area (Å²) in [5, 5.41) is 10.5. The molecule has 0 saturated heterocycles. The van der Waals surface area contributed by atoms with E-state index in [2.05, 4.69) is 5.10 Å². The monoisotopic (exact) mass is 443 g/mol. The Morgan fingerprint density at radius 1 is 1.11 bits per heavy atom. The fourth-order valence-corrected chi connectivity index (χ4v) is 3.65. The highest BCUT2D eigenvalue weighted by atomic mass is 35.5. The zero-order chi connectivity index (χ0) is 19.8. The van der Waals surface area contributed by atoms with Crippen LogP contribution in [-0.2, 0) is 14.4 Å². The Bertz CT molecular complexity index is 1080. The number of nitrogens with zero attached hydrogens (tertiary/aromatic N) is 2. The van der Waals surface area contributed by atoms with Crippen LogP contribution in [0, 0.1) is 0 Å². The van der Waals surface area contributed by atoms with E-state index >= 15 is 0 Å². The quantitative estimate of drug-likeness (QED) is 0.570. The van der Waals surface area contributed by atoms with E-state index in [4.69, 9.17) is 39.9 Å². The highest BCUT2D eigenvalue weighted by Crippen LogP contribution is 2.39. The van der Waals surface area contributed by atoms with Crippen LogP contribution < -0.4 is 5.14 Å². The molecule has 0 atom stereocenters. The number of benzene rings is 2. The normalized spacial score (nSPS) is 12.3. The minimum atomic E-state index is -3.97. The zero-order valence-electron chi connectivity index (χ0n) is 14.2. The van der Waals surface area contributed by atoms with Gasteiger partial charge in [-0.05, 0) is 36.8 Å². The summed E-state index contributed by atoms with van der Waals surface area (Å²) >= 11 is 18.8. The van der Waals surface area contributed by atoms with Crippen molar-refractivity contribution in [2.24, 2.45) is 5.14 Å². The van der Waals surface area contributed by atoms with Crippen molar-refractivity contribution in [1.82, 2.24) is 9.78 Å². The summed E-state index contributed by atoms with van der Waals surface area (Å²) in [4.78, 5) is -0.0545. The molecule has 27 heavy (non-hydrogen) atoms. The van der Waals surface area contributed by atoms with Crippen molar-refractivity contribution in [2.45, 2.75) is 22.6 Å². The Balaban J connectivity index is 2.31. The molecule has 5 nitrogen and oxygen atoms in total. The van der Waals surface area contributed by atoms with E-state index in [9.17, 15) is 8.42 Å². The minimum absolute atomic E-state index is 0.0545. The summed E-state index contributed by atoms with van der Waals surface area (Å²) in [5.41, 5.74) is 2.08. The van der Waals surface area contributed by atoms with E-state index in [1.54, 1.807) is 48.5 Å². The number of primary sulfonamides is 1. The molecule has 9 heteroatoms. The average molecular weight is 445 g/mol. The van der Waals surface area contributed by atoms with Crippen molar-refractivity contribution < 1.29 is 8.42 Å². The maximum atomic E-state index is 12.0. The Labute approximate surface area is 172 Å². The number of sulfonamides is 1. The van der Waals surface area contributed by atoms with Gasteiger partial charge in [-0.15, -0.1) is 0 Å². The van der Waals surface area contributed by atoms with Gasteiger partial charge < -0.3 is 0 Å². The molecular formula is C18H16Cl3N3O2S. The van der Waals surface area contributed by atoms with E-state index in [-0.39, 0.29) is 4.90 Å². The van der Waals surface area contributed by atoms with Crippen LogP contribution in [0.15, 0.2) is 59.5 Å². The van der Waals surface area contributed by atoms with Gasteiger partial charge in [0.2, 0.25) is 10.0 Å². The maximum absolute atomic E-state index is 12.0. The van der Waals surface area contributed by atoms with Crippen LogP contribution >= 0.6 is 34.8 Å². The number of para-hydroxylation sites is 1. The average Bonchev–Trinajstić information content (AvgIpc) is 3.08. The topological polar surface area (TPSA) is 78.0 Å². The lowest BCUT2D eigenvalue weighted by Crippen LogP contribution is -2.16. The van der Waals surface area contributed by atoms with Gasteiger partial charge in [-0.2, -0.15) is 5.10 Å². The van der Waals surface area contributed by atoms with Crippen molar-refractivity contribution in [2.75, 3.05) is 0 Å². The molecule has 1 heterocycles. The van der Waals surface area contributed by atoms with Gasteiger partial charge >= 0.3 is 0 Å². The van der Waals surface area contributed by atoms with Gasteiger partial charge in [-0.25, -0.2) is 18.2 Å². The Hall–Kier alpha value is -1.57. The van der Waals surface area contributed by atoms with E-state index in [1.807, 2.05) is 6.92 Å². The number of hydrogen-bond acceptors (Lipinski definition) is 3. The number of rotatable bonds is 5. The van der Waals surface area contributed by atoms with Crippen molar-refractivity contribution in [1.29, 1.82) is 0 Å². The lowest BCUT2D eigenvalue weighted by atomic mass is 10.1. The molecule has 0 spiro atoms. The number of hydrogen-bond donors (Lipinski definition) is 1. The number of halogens is 3. The first-order valence-electron chi connectivity index (χ1n) is 8.00. The van der Waals surface area contributed by atoms with Crippen LogP contribution in [0.4, 0.5) is 0 Å². The van der Waals surface area contributed by atoms with Crippen molar-refractivity contribution in [3.05, 3.63) is 65.3 Å². The van der Waals surface area contributed by atoms with Gasteiger partial charge in [0, 0.05) is 10.6 Å². The van der Waals surface area contributed by atoms with E-state index in [0.717, 1.165) is 5.56 Å². The molecular weight excluding hydrogens is 429 g/mol. The molecule has 3 aromatic rings. The minimum Gasteiger partial charge on any atom is -0.231 e. The highest BCUT2D eigenvalue weighted by Gasteiger charge is 2.30. The lowest BCUT2D eigenvalue weighted by Gasteiger charge is -2.14. The zero-order valence-corrected chi connectivity index (χ0v) is 17.3. The molecule has 0 fully saturated rings. The lowest BCUT2D eigenvalue weighted by molar-refractivity contribution is 0.596. The first-order valence-corrected chi connectivity index (χ1v) is 10.7. The second kappa shape index (κ2) is 7.45. The maximum Gasteiger partial charge on any atom is 0.240 e. The fraction of sp³-hybridized carbons (Fsp3) is 0.167. The summed E-state index contributed by atoms with van der Waals surface area (Å²) in [7, 11) is -3.97. The molecule has 142 valence electrons. The van der Waals surface area contributed by atoms with Crippen molar-refractivity contribution in [3.63, 3.8) is 0 Å². The van der Waals surface area contributed by atoms with Gasteiger partial charge in [0.1, 0.15) is 4.90 Å². The second-order valence-corrected chi connectivity index (χ2v) is 9.35.